The summed E-state index contributed by atoms with van der Waals surface area (Å²) < 4.78 is 39.4. The van der Waals surface area contributed by atoms with Crippen LogP contribution in [0.1, 0.15) is 11.1 Å². The van der Waals surface area contributed by atoms with E-state index in [1.165, 1.54) is 12.3 Å². The normalized spacial score (nSPS) is 11.7. The van der Waals surface area contributed by atoms with Crippen LogP contribution in [0.3, 0.4) is 0 Å². The number of hydrogen-bond acceptors (Lipinski definition) is 2. The Kier molecular flexibility index (Phi) is 4.02. The largest absolute Gasteiger partial charge is 0.416 e. The second-order valence-electron chi connectivity index (χ2n) is 5.17. The number of rotatable bonds is 2. The van der Waals surface area contributed by atoms with E-state index < -0.39 is 11.7 Å². The fourth-order valence-corrected chi connectivity index (χ4v) is 2.82. The van der Waals surface area contributed by atoms with Crippen LogP contribution in [0, 0.1) is 6.92 Å². The average Bonchev–Trinajstić information content (AvgIpc) is 2.49. The van der Waals surface area contributed by atoms with Gasteiger partial charge in [0, 0.05) is 27.4 Å². The number of halogens is 4. The summed E-state index contributed by atoms with van der Waals surface area (Å²) in [5.74, 6) is 0. The van der Waals surface area contributed by atoms with Gasteiger partial charge >= 0.3 is 6.18 Å². The lowest BCUT2D eigenvalue weighted by Gasteiger charge is -2.13. The number of pyridine rings is 1. The van der Waals surface area contributed by atoms with Crippen LogP contribution >= 0.6 is 15.9 Å². The topological polar surface area (TPSA) is 24.9 Å². The number of hydrogen-bond donors (Lipinski definition) is 1. The van der Waals surface area contributed by atoms with Crippen molar-refractivity contribution < 1.29 is 13.2 Å². The number of anilines is 2. The van der Waals surface area contributed by atoms with Crippen LogP contribution in [0.15, 0.2) is 53.1 Å². The zero-order valence-corrected chi connectivity index (χ0v) is 13.7. The Balaban J connectivity index is 2.04. The van der Waals surface area contributed by atoms with Gasteiger partial charge in [0.2, 0.25) is 0 Å². The van der Waals surface area contributed by atoms with Crippen molar-refractivity contribution >= 4 is 38.2 Å². The molecule has 0 unspecified atom stereocenters. The summed E-state index contributed by atoms with van der Waals surface area (Å²) >= 11 is 3.40. The van der Waals surface area contributed by atoms with Crippen LogP contribution in [0.4, 0.5) is 24.5 Å². The first-order valence-electron chi connectivity index (χ1n) is 6.84. The van der Waals surface area contributed by atoms with Crippen LogP contribution in [-0.2, 0) is 6.18 Å². The van der Waals surface area contributed by atoms with E-state index in [9.17, 15) is 13.2 Å². The lowest BCUT2D eigenvalue weighted by atomic mass is 10.1. The number of alkyl halides is 3. The van der Waals surface area contributed by atoms with E-state index in [1.807, 2.05) is 25.1 Å². The highest BCUT2D eigenvalue weighted by molar-refractivity contribution is 9.10. The minimum atomic E-state index is -4.37. The molecule has 1 N–H and O–H groups in total. The van der Waals surface area contributed by atoms with Crippen molar-refractivity contribution in [2.45, 2.75) is 13.1 Å². The van der Waals surface area contributed by atoms with Gasteiger partial charge in [-0.05, 0) is 48.9 Å². The van der Waals surface area contributed by atoms with Crippen molar-refractivity contribution in [2.75, 3.05) is 5.32 Å². The summed E-state index contributed by atoms with van der Waals surface area (Å²) in [7, 11) is 0. The summed E-state index contributed by atoms with van der Waals surface area (Å²) in [4.78, 5) is 4.05. The van der Waals surface area contributed by atoms with Gasteiger partial charge < -0.3 is 5.32 Å². The fraction of sp³-hybridized carbons (Fsp3) is 0.118. The van der Waals surface area contributed by atoms with E-state index in [4.69, 9.17) is 0 Å². The first kappa shape index (κ1) is 15.8. The third-order valence-corrected chi connectivity index (χ3v) is 4.02. The van der Waals surface area contributed by atoms with E-state index in [-0.39, 0.29) is 0 Å². The number of aromatic nitrogens is 1. The second-order valence-corrected chi connectivity index (χ2v) is 6.09. The van der Waals surface area contributed by atoms with Gasteiger partial charge in [-0.3, -0.25) is 4.98 Å². The van der Waals surface area contributed by atoms with Crippen LogP contribution < -0.4 is 5.32 Å². The maximum Gasteiger partial charge on any atom is 0.416 e. The number of benzene rings is 2. The standard InChI is InChI=1S/C17H12BrF3N2/c1-10-8-12(18)3-5-14(10)23-15-6-7-22-16-9-11(17(19,20)21)2-4-13(15)16/h2-9H,1H3,(H,22,23). The van der Waals surface area contributed by atoms with Gasteiger partial charge in [-0.2, -0.15) is 13.2 Å². The molecule has 0 saturated carbocycles. The maximum absolute atomic E-state index is 12.8. The number of nitrogens with zero attached hydrogens (tertiary/aromatic N) is 1. The lowest BCUT2D eigenvalue weighted by molar-refractivity contribution is -0.137. The molecule has 0 fully saturated rings. The summed E-state index contributed by atoms with van der Waals surface area (Å²) in [6.07, 6.45) is -2.87. The number of nitrogens with one attached hydrogen (secondary N) is 1. The molecule has 0 saturated heterocycles. The SMILES string of the molecule is Cc1cc(Br)ccc1Nc1ccnc2cc(C(F)(F)F)ccc12. The molecule has 0 bridgehead atoms. The maximum atomic E-state index is 12.8. The van der Waals surface area contributed by atoms with E-state index in [1.54, 1.807) is 6.07 Å². The molecule has 2 nitrogen and oxygen atoms in total. The Hall–Kier alpha value is -2.08. The Morgan fingerprint density at radius 2 is 1.78 bits per heavy atom. The molecule has 3 rings (SSSR count). The van der Waals surface area contributed by atoms with Crippen LogP contribution in [0.2, 0.25) is 0 Å². The summed E-state index contributed by atoms with van der Waals surface area (Å²) in [6, 6.07) is 11.1. The lowest BCUT2D eigenvalue weighted by Crippen LogP contribution is -2.04. The number of aryl methyl sites for hydroxylation is 1. The first-order valence-corrected chi connectivity index (χ1v) is 7.63. The van der Waals surface area contributed by atoms with E-state index in [0.717, 1.165) is 27.9 Å². The molecule has 0 amide bonds. The van der Waals surface area contributed by atoms with Crippen molar-refractivity contribution in [3.63, 3.8) is 0 Å². The minimum absolute atomic E-state index is 0.305. The second kappa shape index (κ2) is 5.85. The van der Waals surface area contributed by atoms with Crippen molar-refractivity contribution in [3.05, 3.63) is 64.3 Å². The molecule has 1 aromatic heterocycles. The highest BCUT2D eigenvalue weighted by Crippen LogP contribution is 2.33. The zero-order valence-electron chi connectivity index (χ0n) is 12.1. The molecule has 0 aliphatic heterocycles. The Labute approximate surface area is 139 Å². The van der Waals surface area contributed by atoms with Crippen molar-refractivity contribution in [3.8, 4) is 0 Å². The van der Waals surface area contributed by atoms with Crippen molar-refractivity contribution in [1.29, 1.82) is 0 Å². The summed E-state index contributed by atoms with van der Waals surface area (Å²) in [5, 5.41) is 3.90. The average molecular weight is 381 g/mol. The highest BCUT2D eigenvalue weighted by Gasteiger charge is 2.30. The Bertz CT molecular complexity index is 875. The highest BCUT2D eigenvalue weighted by atomic mass is 79.9. The minimum Gasteiger partial charge on any atom is -0.355 e. The Morgan fingerprint density at radius 3 is 2.48 bits per heavy atom. The van der Waals surface area contributed by atoms with Gasteiger partial charge in [-0.1, -0.05) is 22.0 Å². The number of fused-ring (bicyclic) bond motifs is 1. The van der Waals surface area contributed by atoms with Gasteiger partial charge in [0.15, 0.2) is 0 Å². The molecule has 0 aliphatic rings. The summed E-state index contributed by atoms with van der Waals surface area (Å²) in [5.41, 5.74) is 2.24. The van der Waals surface area contributed by atoms with Gasteiger partial charge in [0.05, 0.1) is 11.1 Å². The predicted molar refractivity (Wildman–Crippen MR) is 88.9 cm³/mol. The van der Waals surface area contributed by atoms with Gasteiger partial charge in [0.25, 0.3) is 0 Å². The van der Waals surface area contributed by atoms with E-state index in [2.05, 4.69) is 26.2 Å². The van der Waals surface area contributed by atoms with Gasteiger partial charge in [-0.25, -0.2) is 0 Å². The molecule has 118 valence electrons. The molecule has 0 aliphatic carbocycles. The Morgan fingerprint density at radius 1 is 1.00 bits per heavy atom. The van der Waals surface area contributed by atoms with Crippen molar-refractivity contribution in [1.82, 2.24) is 4.98 Å². The molecule has 2 aromatic carbocycles. The monoisotopic (exact) mass is 380 g/mol. The van der Waals surface area contributed by atoms with Crippen LogP contribution in [0.5, 0.6) is 0 Å². The molecule has 23 heavy (non-hydrogen) atoms. The smallest absolute Gasteiger partial charge is 0.355 e. The quantitative estimate of drug-likeness (QED) is 0.583. The first-order chi connectivity index (χ1) is 10.8. The third-order valence-electron chi connectivity index (χ3n) is 3.53. The van der Waals surface area contributed by atoms with E-state index in [0.29, 0.717) is 16.6 Å². The molecule has 1 heterocycles. The molecule has 3 aromatic rings. The molecule has 0 atom stereocenters. The van der Waals surface area contributed by atoms with Crippen LogP contribution in [-0.4, -0.2) is 4.98 Å². The van der Waals surface area contributed by atoms with Crippen molar-refractivity contribution in [2.24, 2.45) is 0 Å². The van der Waals surface area contributed by atoms with Gasteiger partial charge in [0.1, 0.15) is 0 Å². The third kappa shape index (κ3) is 3.32. The molecule has 6 heteroatoms. The molecular formula is C17H12BrF3N2. The molecule has 0 radical (unpaired) electrons. The molecular weight excluding hydrogens is 369 g/mol. The van der Waals surface area contributed by atoms with Crippen LogP contribution in [0.25, 0.3) is 10.9 Å². The predicted octanol–water partition coefficient (Wildman–Crippen LogP) is 6.07. The zero-order chi connectivity index (χ0) is 16.6. The van der Waals surface area contributed by atoms with E-state index >= 15 is 0 Å². The van der Waals surface area contributed by atoms with Gasteiger partial charge in [-0.15, -0.1) is 0 Å². The summed E-state index contributed by atoms with van der Waals surface area (Å²) in [6.45, 7) is 1.96. The molecule has 0 spiro atoms. The fourth-order valence-electron chi connectivity index (χ4n) is 2.35.